The fourth-order valence-corrected chi connectivity index (χ4v) is 3.17. The van der Waals surface area contributed by atoms with Crippen LogP contribution in [0.3, 0.4) is 0 Å². The first-order valence-electron chi connectivity index (χ1n) is 3.02. The Morgan fingerprint density at radius 1 is 1.36 bits per heavy atom. The molecule has 2 atom stereocenters. The first-order chi connectivity index (χ1) is 4.93. The predicted octanol–water partition coefficient (Wildman–Crippen LogP) is 4.47. The molecular weight excluding hydrogens is 404 g/mol. The highest BCUT2D eigenvalue weighted by molar-refractivity contribution is 9.15. The van der Waals surface area contributed by atoms with Crippen molar-refractivity contribution in [1.82, 2.24) is 0 Å². The zero-order valence-electron chi connectivity index (χ0n) is 5.74. The molecule has 2 unspecified atom stereocenters. The smallest absolute Gasteiger partial charge is 0.0583 e. The second-order valence-electron chi connectivity index (χ2n) is 2.56. The summed E-state index contributed by atoms with van der Waals surface area (Å²) < 4.78 is 2.19. The Morgan fingerprint density at radius 2 is 1.91 bits per heavy atom. The quantitative estimate of drug-likeness (QED) is 0.518. The van der Waals surface area contributed by atoms with Crippen LogP contribution in [0, 0.1) is 0 Å². The number of alkyl halides is 2. The fourth-order valence-electron chi connectivity index (χ4n) is 0.767. The van der Waals surface area contributed by atoms with Crippen LogP contribution >= 0.6 is 63.7 Å². The summed E-state index contributed by atoms with van der Waals surface area (Å²) in [6.07, 6.45) is 4.23. The second kappa shape index (κ2) is 3.64. The highest BCUT2D eigenvalue weighted by Gasteiger charge is 2.29. The molecule has 0 saturated carbocycles. The molecule has 0 aliphatic heterocycles. The van der Waals surface area contributed by atoms with Gasteiger partial charge in [0.1, 0.15) is 0 Å². The van der Waals surface area contributed by atoms with E-state index in [2.05, 4.69) is 82.8 Å². The molecule has 0 aromatic heterocycles. The molecule has 0 heterocycles. The summed E-state index contributed by atoms with van der Waals surface area (Å²) >= 11 is 14.1. The minimum atomic E-state index is 0.00308. The second-order valence-corrected chi connectivity index (χ2v) is 6.96. The van der Waals surface area contributed by atoms with E-state index < -0.39 is 0 Å². The maximum atomic E-state index is 3.61. The molecule has 11 heavy (non-hydrogen) atoms. The molecule has 0 fully saturated rings. The van der Waals surface area contributed by atoms with Crippen molar-refractivity contribution in [2.45, 2.75) is 16.1 Å². The van der Waals surface area contributed by atoms with E-state index in [1.165, 1.54) is 0 Å². The number of hydrogen-bond acceptors (Lipinski definition) is 0. The molecule has 0 amide bonds. The van der Waals surface area contributed by atoms with Gasteiger partial charge < -0.3 is 0 Å². The largest absolute Gasteiger partial charge is 0.0826 e. The SMILES string of the molecule is CC1(Br)C=C(Br)C(Br)=CC1Br. The Kier molecular flexibility index (Phi) is 3.47. The van der Waals surface area contributed by atoms with E-state index >= 15 is 0 Å². The van der Waals surface area contributed by atoms with Gasteiger partial charge in [-0.1, -0.05) is 44.0 Å². The highest BCUT2D eigenvalue weighted by Crippen LogP contribution is 2.40. The van der Waals surface area contributed by atoms with Crippen molar-refractivity contribution in [2.75, 3.05) is 0 Å². The zero-order valence-corrected chi connectivity index (χ0v) is 12.1. The molecule has 0 N–H and O–H groups in total. The van der Waals surface area contributed by atoms with Gasteiger partial charge in [0, 0.05) is 8.96 Å². The van der Waals surface area contributed by atoms with Crippen molar-refractivity contribution in [3.05, 3.63) is 21.1 Å². The lowest BCUT2D eigenvalue weighted by atomic mass is 10.0. The molecule has 0 bridgehead atoms. The summed E-state index contributed by atoms with van der Waals surface area (Å²) in [6.45, 7) is 2.11. The van der Waals surface area contributed by atoms with Crippen molar-refractivity contribution in [2.24, 2.45) is 0 Å². The predicted molar refractivity (Wildman–Crippen MR) is 64.1 cm³/mol. The van der Waals surface area contributed by atoms with Gasteiger partial charge in [-0.15, -0.1) is 0 Å². The van der Waals surface area contributed by atoms with Crippen LogP contribution in [0.15, 0.2) is 21.1 Å². The first kappa shape index (κ1) is 10.5. The standard InChI is InChI=1S/C7H6Br4/c1-7(11)3-5(9)4(8)2-6(7)10/h2-3,6H,1H3. The average Bonchev–Trinajstić information content (AvgIpc) is 1.83. The molecule has 62 valence electrons. The molecule has 0 spiro atoms. The third-order valence-corrected chi connectivity index (χ3v) is 5.90. The number of rotatable bonds is 0. The summed E-state index contributed by atoms with van der Waals surface area (Å²) in [4.78, 5) is 0.325. The zero-order chi connectivity index (χ0) is 8.65. The van der Waals surface area contributed by atoms with Gasteiger partial charge in [-0.3, -0.25) is 0 Å². The summed E-state index contributed by atoms with van der Waals surface area (Å²) in [6, 6.07) is 0. The molecular formula is C7H6Br4. The molecule has 1 aliphatic rings. The van der Waals surface area contributed by atoms with E-state index in [1.54, 1.807) is 0 Å². The van der Waals surface area contributed by atoms with Crippen LogP contribution in [0.1, 0.15) is 6.92 Å². The Hall–Kier alpha value is 1.40. The molecule has 0 saturated heterocycles. The molecule has 1 rings (SSSR count). The number of halogens is 4. The summed E-state index contributed by atoms with van der Waals surface area (Å²) in [5.74, 6) is 0. The van der Waals surface area contributed by atoms with Crippen LogP contribution in [-0.4, -0.2) is 9.15 Å². The van der Waals surface area contributed by atoms with Gasteiger partial charge in [-0.2, -0.15) is 0 Å². The monoisotopic (exact) mass is 406 g/mol. The Balaban J connectivity index is 2.98. The van der Waals surface area contributed by atoms with Crippen LogP contribution in [-0.2, 0) is 0 Å². The van der Waals surface area contributed by atoms with Gasteiger partial charge in [-0.05, 0) is 38.8 Å². The molecule has 0 radical (unpaired) electrons. The van der Waals surface area contributed by atoms with Crippen LogP contribution in [0.2, 0.25) is 0 Å². The van der Waals surface area contributed by atoms with Gasteiger partial charge in [0.05, 0.1) is 9.15 Å². The molecule has 0 aromatic rings. The van der Waals surface area contributed by atoms with E-state index in [1.807, 2.05) is 0 Å². The maximum absolute atomic E-state index is 3.61. The van der Waals surface area contributed by atoms with Crippen LogP contribution in [0.4, 0.5) is 0 Å². The third kappa shape index (κ3) is 2.42. The van der Waals surface area contributed by atoms with Crippen molar-refractivity contribution >= 4 is 63.7 Å². The van der Waals surface area contributed by atoms with Gasteiger partial charge >= 0.3 is 0 Å². The van der Waals surface area contributed by atoms with Crippen LogP contribution in [0.5, 0.6) is 0 Å². The minimum absolute atomic E-state index is 0.00308. The summed E-state index contributed by atoms with van der Waals surface area (Å²) in [5, 5.41) is 0. The number of hydrogen-bond donors (Lipinski definition) is 0. The fraction of sp³-hybridized carbons (Fsp3) is 0.429. The van der Waals surface area contributed by atoms with Crippen LogP contribution < -0.4 is 0 Å². The van der Waals surface area contributed by atoms with E-state index in [4.69, 9.17) is 0 Å². The lowest BCUT2D eigenvalue weighted by molar-refractivity contribution is 0.840. The van der Waals surface area contributed by atoms with E-state index in [0.29, 0.717) is 4.83 Å². The summed E-state index contributed by atoms with van der Waals surface area (Å²) in [5.41, 5.74) is 0. The van der Waals surface area contributed by atoms with E-state index in [0.717, 1.165) is 8.96 Å². The molecule has 0 nitrogen and oxygen atoms in total. The Morgan fingerprint density at radius 3 is 2.36 bits per heavy atom. The normalized spacial score (nSPS) is 38.1. The third-order valence-electron chi connectivity index (χ3n) is 1.47. The lowest BCUT2D eigenvalue weighted by Crippen LogP contribution is -2.26. The summed E-state index contributed by atoms with van der Waals surface area (Å²) in [7, 11) is 0. The van der Waals surface area contributed by atoms with Gasteiger partial charge in [-0.25, -0.2) is 0 Å². The maximum Gasteiger partial charge on any atom is 0.0583 e. The number of allylic oxidation sites excluding steroid dienone is 4. The lowest BCUT2D eigenvalue weighted by Gasteiger charge is -2.27. The van der Waals surface area contributed by atoms with Crippen molar-refractivity contribution in [1.29, 1.82) is 0 Å². The van der Waals surface area contributed by atoms with E-state index in [9.17, 15) is 0 Å². The Labute approximate surface area is 100 Å². The van der Waals surface area contributed by atoms with Crippen LogP contribution in [0.25, 0.3) is 0 Å². The van der Waals surface area contributed by atoms with E-state index in [-0.39, 0.29) is 4.32 Å². The topological polar surface area (TPSA) is 0 Å². The highest BCUT2D eigenvalue weighted by atomic mass is 79.9. The minimum Gasteiger partial charge on any atom is -0.0826 e. The molecule has 4 heteroatoms. The molecule has 0 aromatic carbocycles. The first-order valence-corrected chi connectivity index (χ1v) is 6.32. The van der Waals surface area contributed by atoms with Gasteiger partial charge in [0.25, 0.3) is 0 Å². The van der Waals surface area contributed by atoms with Gasteiger partial charge in [0.15, 0.2) is 0 Å². The molecule has 1 aliphatic carbocycles. The van der Waals surface area contributed by atoms with Crippen molar-refractivity contribution < 1.29 is 0 Å². The Bertz CT molecular complexity index is 227. The van der Waals surface area contributed by atoms with Gasteiger partial charge in [0.2, 0.25) is 0 Å². The van der Waals surface area contributed by atoms with Crippen molar-refractivity contribution in [3.8, 4) is 0 Å². The van der Waals surface area contributed by atoms with Crippen molar-refractivity contribution in [3.63, 3.8) is 0 Å². The average molecular weight is 410 g/mol.